The first-order valence-electron chi connectivity index (χ1n) is 8.07. The van der Waals surface area contributed by atoms with Gasteiger partial charge in [-0.05, 0) is 43.5 Å². The summed E-state index contributed by atoms with van der Waals surface area (Å²) in [5.74, 6) is 0.748. The molecule has 3 rings (SSSR count). The molecule has 2 nitrogen and oxygen atoms in total. The Balaban J connectivity index is 1.98. The zero-order chi connectivity index (χ0) is 14.5. The SMILES string of the molecule is CNC/C(=C/c1ccnc2ccccc12)C1CCCCC1. The van der Waals surface area contributed by atoms with Crippen LogP contribution in [0.1, 0.15) is 37.7 Å². The smallest absolute Gasteiger partial charge is 0.0707 e. The summed E-state index contributed by atoms with van der Waals surface area (Å²) in [5.41, 5.74) is 3.93. The van der Waals surface area contributed by atoms with Gasteiger partial charge >= 0.3 is 0 Å². The topological polar surface area (TPSA) is 24.9 Å². The number of para-hydroxylation sites is 1. The summed E-state index contributed by atoms with van der Waals surface area (Å²) in [6.07, 6.45) is 11.2. The molecule has 0 amide bonds. The molecule has 1 aliphatic carbocycles. The molecule has 1 N–H and O–H groups in total. The molecular weight excluding hydrogens is 256 g/mol. The minimum atomic E-state index is 0.748. The van der Waals surface area contributed by atoms with Crippen LogP contribution in [-0.2, 0) is 0 Å². The average Bonchev–Trinajstić information content (AvgIpc) is 2.55. The number of likely N-dealkylation sites (N-methyl/N-ethyl adjacent to an activating group) is 1. The lowest BCUT2D eigenvalue weighted by atomic mass is 9.83. The van der Waals surface area contributed by atoms with Gasteiger partial charge in [-0.1, -0.05) is 49.1 Å². The quantitative estimate of drug-likeness (QED) is 0.897. The van der Waals surface area contributed by atoms with Crippen LogP contribution in [0.15, 0.2) is 42.1 Å². The van der Waals surface area contributed by atoms with Gasteiger partial charge in [0.15, 0.2) is 0 Å². The second kappa shape index (κ2) is 6.86. The van der Waals surface area contributed by atoms with Crippen molar-refractivity contribution in [2.75, 3.05) is 13.6 Å². The number of pyridine rings is 1. The van der Waals surface area contributed by atoms with Gasteiger partial charge in [0.05, 0.1) is 5.52 Å². The van der Waals surface area contributed by atoms with Crippen molar-refractivity contribution in [3.05, 3.63) is 47.7 Å². The fourth-order valence-corrected chi connectivity index (χ4v) is 3.43. The molecule has 0 spiro atoms. The van der Waals surface area contributed by atoms with Crippen molar-refractivity contribution in [2.45, 2.75) is 32.1 Å². The van der Waals surface area contributed by atoms with Crippen LogP contribution in [0.2, 0.25) is 0 Å². The molecule has 0 radical (unpaired) electrons. The monoisotopic (exact) mass is 280 g/mol. The maximum atomic E-state index is 4.46. The first-order chi connectivity index (χ1) is 10.4. The van der Waals surface area contributed by atoms with Crippen molar-refractivity contribution in [3.8, 4) is 0 Å². The minimum absolute atomic E-state index is 0.748. The lowest BCUT2D eigenvalue weighted by molar-refractivity contribution is 0.398. The van der Waals surface area contributed by atoms with E-state index in [1.807, 2.05) is 13.2 Å². The highest BCUT2D eigenvalue weighted by Crippen LogP contribution is 2.31. The summed E-state index contributed by atoms with van der Waals surface area (Å²) >= 11 is 0. The summed E-state index contributed by atoms with van der Waals surface area (Å²) in [7, 11) is 2.04. The second-order valence-electron chi connectivity index (χ2n) is 6.00. The Kier molecular flexibility index (Phi) is 4.66. The summed E-state index contributed by atoms with van der Waals surface area (Å²) in [5, 5.41) is 4.60. The van der Waals surface area contributed by atoms with Crippen LogP contribution in [0.25, 0.3) is 17.0 Å². The number of nitrogens with one attached hydrogen (secondary N) is 1. The zero-order valence-electron chi connectivity index (χ0n) is 12.8. The molecule has 1 saturated carbocycles. The van der Waals surface area contributed by atoms with Gasteiger partial charge in [-0.25, -0.2) is 0 Å². The summed E-state index contributed by atoms with van der Waals surface area (Å²) < 4.78 is 0. The van der Waals surface area contributed by atoms with Crippen molar-refractivity contribution in [3.63, 3.8) is 0 Å². The maximum absolute atomic E-state index is 4.46. The molecule has 0 saturated heterocycles. The Morgan fingerprint density at radius 2 is 2.00 bits per heavy atom. The van der Waals surface area contributed by atoms with Crippen LogP contribution in [0.5, 0.6) is 0 Å². The van der Waals surface area contributed by atoms with Crippen LogP contribution >= 0.6 is 0 Å². The van der Waals surface area contributed by atoms with E-state index in [-0.39, 0.29) is 0 Å². The molecule has 1 fully saturated rings. The van der Waals surface area contributed by atoms with Gasteiger partial charge < -0.3 is 5.32 Å². The van der Waals surface area contributed by atoms with E-state index in [2.05, 4.69) is 46.7 Å². The van der Waals surface area contributed by atoms with E-state index in [9.17, 15) is 0 Å². The standard InChI is InChI=1S/C19H24N2/c1-20-14-17(15-7-3-2-4-8-15)13-16-11-12-21-19-10-6-5-9-18(16)19/h5-6,9-13,15,20H,2-4,7-8,14H2,1H3/b17-13-. The number of fused-ring (bicyclic) bond motifs is 1. The van der Waals surface area contributed by atoms with E-state index in [1.54, 1.807) is 5.57 Å². The van der Waals surface area contributed by atoms with E-state index in [0.29, 0.717) is 0 Å². The lowest BCUT2D eigenvalue weighted by Crippen LogP contribution is -2.19. The normalized spacial score (nSPS) is 17.3. The largest absolute Gasteiger partial charge is 0.316 e. The van der Waals surface area contributed by atoms with Gasteiger partial charge in [-0.3, -0.25) is 4.98 Å². The average molecular weight is 280 g/mol. The third-order valence-corrected chi connectivity index (χ3v) is 4.53. The third-order valence-electron chi connectivity index (χ3n) is 4.53. The molecule has 1 aromatic heterocycles. The van der Waals surface area contributed by atoms with Crippen molar-refractivity contribution in [1.82, 2.24) is 10.3 Å². The number of benzene rings is 1. The van der Waals surface area contributed by atoms with Crippen molar-refractivity contribution in [1.29, 1.82) is 0 Å². The fourth-order valence-electron chi connectivity index (χ4n) is 3.43. The Hall–Kier alpha value is -1.67. The highest BCUT2D eigenvalue weighted by Gasteiger charge is 2.17. The number of rotatable bonds is 4. The Labute approximate surface area is 127 Å². The van der Waals surface area contributed by atoms with Crippen molar-refractivity contribution < 1.29 is 0 Å². The molecule has 1 heterocycles. The van der Waals surface area contributed by atoms with Crippen LogP contribution in [0, 0.1) is 5.92 Å². The van der Waals surface area contributed by atoms with E-state index < -0.39 is 0 Å². The molecule has 0 aliphatic heterocycles. The predicted molar refractivity (Wildman–Crippen MR) is 90.2 cm³/mol. The highest BCUT2D eigenvalue weighted by molar-refractivity contribution is 5.87. The van der Waals surface area contributed by atoms with E-state index in [1.165, 1.54) is 43.1 Å². The van der Waals surface area contributed by atoms with Crippen LogP contribution in [-0.4, -0.2) is 18.6 Å². The summed E-state index contributed by atoms with van der Waals surface area (Å²) in [6.45, 7) is 0.987. The number of hydrogen-bond acceptors (Lipinski definition) is 2. The molecule has 2 heteroatoms. The van der Waals surface area contributed by atoms with Gasteiger partial charge in [-0.2, -0.15) is 0 Å². The predicted octanol–water partition coefficient (Wildman–Crippen LogP) is 4.42. The first kappa shape index (κ1) is 14.3. The maximum Gasteiger partial charge on any atom is 0.0707 e. The molecule has 1 aliphatic rings. The van der Waals surface area contributed by atoms with Gasteiger partial charge in [0.25, 0.3) is 0 Å². The van der Waals surface area contributed by atoms with Gasteiger partial charge in [0.1, 0.15) is 0 Å². The van der Waals surface area contributed by atoms with Crippen LogP contribution in [0.3, 0.4) is 0 Å². The highest BCUT2D eigenvalue weighted by atomic mass is 14.8. The second-order valence-corrected chi connectivity index (χ2v) is 6.00. The Bertz CT molecular complexity index is 619. The van der Waals surface area contributed by atoms with E-state index >= 15 is 0 Å². The number of aromatic nitrogens is 1. The number of hydrogen-bond donors (Lipinski definition) is 1. The Morgan fingerprint density at radius 1 is 1.19 bits per heavy atom. The van der Waals surface area contributed by atoms with Crippen molar-refractivity contribution >= 4 is 17.0 Å². The van der Waals surface area contributed by atoms with Gasteiger partial charge in [0, 0.05) is 18.1 Å². The lowest BCUT2D eigenvalue weighted by Gasteiger charge is -2.25. The van der Waals surface area contributed by atoms with E-state index in [0.717, 1.165) is 18.0 Å². The third kappa shape index (κ3) is 3.33. The molecule has 21 heavy (non-hydrogen) atoms. The summed E-state index contributed by atoms with van der Waals surface area (Å²) in [6, 6.07) is 10.6. The van der Waals surface area contributed by atoms with Crippen LogP contribution < -0.4 is 5.32 Å². The van der Waals surface area contributed by atoms with Gasteiger partial charge in [0.2, 0.25) is 0 Å². The Morgan fingerprint density at radius 3 is 2.81 bits per heavy atom. The molecule has 0 bridgehead atoms. The van der Waals surface area contributed by atoms with E-state index in [4.69, 9.17) is 0 Å². The van der Waals surface area contributed by atoms with Gasteiger partial charge in [-0.15, -0.1) is 0 Å². The van der Waals surface area contributed by atoms with Crippen LogP contribution in [0.4, 0.5) is 0 Å². The molecule has 1 aromatic carbocycles. The number of nitrogens with zero attached hydrogens (tertiary/aromatic N) is 1. The first-order valence-corrected chi connectivity index (χ1v) is 8.07. The molecule has 110 valence electrons. The molecule has 2 aromatic rings. The fraction of sp³-hybridized carbons (Fsp3) is 0.421. The van der Waals surface area contributed by atoms with Crippen molar-refractivity contribution in [2.24, 2.45) is 5.92 Å². The molecular formula is C19H24N2. The molecule has 0 atom stereocenters. The summed E-state index contributed by atoms with van der Waals surface area (Å²) in [4.78, 5) is 4.46. The molecule has 0 unspecified atom stereocenters. The minimum Gasteiger partial charge on any atom is -0.316 e. The zero-order valence-corrected chi connectivity index (χ0v) is 12.8.